The molecule has 2 atom stereocenters. The van der Waals surface area contributed by atoms with Gasteiger partial charge in [0.05, 0.1) is 6.10 Å². The van der Waals surface area contributed by atoms with Gasteiger partial charge in [-0.3, -0.25) is 4.79 Å². The molecule has 0 radical (unpaired) electrons. The minimum absolute atomic E-state index is 0.140. The number of nitrogens with zero attached hydrogens (tertiary/aromatic N) is 1. The largest absolute Gasteiger partial charge is 0.480 e. The molecule has 1 unspecified atom stereocenters. The van der Waals surface area contributed by atoms with E-state index in [1.807, 2.05) is 6.92 Å². The number of likely N-dealkylation sites (tertiary alicyclic amines) is 1. The maximum atomic E-state index is 12.4. The van der Waals surface area contributed by atoms with Crippen LogP contribution in [0.3, 0.4) is 0 Å². The molecule has 1 aliphatic heterocycles. The third-order valence-electron chi connectivity index (χ3n) is 4.13. The molecule has 1 saturated carbocycles. The molecule has 0 aromatic heterocycles. The van der Waals surface area contributed by atoms with Crippen molar-refractivity contribution >= 4 is 11.9 Å². The summed E-state index contributed by atoms with van der Waals surface area (Å²) >= 11 is 0. The summed E-state index contributed by atoms with van der Waals surface area (Å²) in [5.74, 6) is -1.04. The summed E-state index contributed by atoms with van der Waals surface area (Å²) in [4.78, 5) is 25.0. The Balaban J connectivity index is 1.96. The Labute approximate surface area is 113 Å². The van der Waals surface area contributed by atoms with Gasteiger partial charge < -0.3 is 14.7 Å². The maximum Gasteiger partial charge on any atom is 0.326 e. The van der Waals surface area contributed by atoms with Crippen LogP contribution in [0.1, 0.15) is 51.9 Å². The maximum absolute atomic E-state index is 12.4. The second-order valence-electron chi connectivity index (χ2n) is 5.47. The molecule has 2 fully saturated rings. The van der Waals surface area contributed by atoms with Crippen LogP contribution in [0.25, 0.3) is 0 Å². The number of amides is 1. The zero-order chi connectivity index (χ0) is 13.8. The van der Waals surface area contributed by atoms with E-state index in [1.165, 1.54) is 4.90 Å². The molecule has 108 valence electrons. The molecule has 1 heterocycles. The standard InChI is InChI=1S/C14H23NO4/c1-2-12(19-10-6-3-4-7-10)13(16)15-9-5-8-11(15)14(17)18/h10-12H,2-9H2,1H3,(H,17,18)/t11-,12?/m1/s1. The monoisotopic (exact) mass is 269 g/mol. The summed E-state index contributed by atoms with van der Waals surface area (Å²) in [5.41, 5.74) is 0. The Morgan fingerprint density at radius 2 is 1.95 bits per heavy atom. The van der Waals surface area contributed by atoms with E-state index in [-0.39, 0.29) is 12.0 Å². The zero-order valence-electron chi connectivity index (χ0n) is 11.5. The van der Waals surface area contributed by atoms with Crippen LogP contribution in [0.15, 0.2) is 0 Å². The van der Waals surface area contributed by atoms with E-state index in [1.54, 1.807) is 0 Å². The second kappa shape index (κ2) is 6.37. The first-order valence-electron chi connectivity index (χ1n) is 7.32. The molecule has 2 aliphatic rings. The average Bonchev–Trinajstić information content (AvgIpc) is 3.05. The third-order valence-corrected chi connectivity index (χ3v) is 4.13. The van der Waals surface area contributed by atoms with Crippen LogP contribution in [0, 0.1) is 0 Å². The molecule has 0 aromatic carbocycles. The number of rotatable bonds is 5. The van der Waals surface area contributed by atoms with Crippen LogP contribution in [-0.4, -0.2) is 46.7 Å². The van der Waals surface area contributed by atoms with Crippen molar-refractivity contribution in [2.24, 2.45) is 0 Å². The number of carbonyl (C=O) groups is 2. The summed E-state index contributed by atoms with van der Waals surface area (Å²) in [6, 6.07) is -0.659. The van der Waals surface area contributed by atoms with Crippen molar-refractivity contribution in [2.45, 2.75) is 70.1 Å². The van der Waals surface area contributed by atoms with E-state index < -0.39 is 18.1 Å². The quantitative estimate of drug-likeness (QED) is 0.826. The fourth-order valence-corrected chi connectivity index (χ4v) is 3.06. The van der Waals surface area contributed by atoms with E-state index in [2.05, 4.69) is 0 Å². The van der Waals surface area contributed by atoms with Crippen LogP contribution in [0.2, 0.25) is 0 Å². The summed E-state index contributed by atoms with van der Waals surface area (Å²) in [6.07, 6.45) is 6.01. The highest BCUT2D eigenvalue weighted by molar-refractivity contribution is 5.87. The van der Waals surface area contributed by atoms with Gasteiger partial charge in [0.25, 0.3) is 5.91 Å². The molecule has 1 amide bonds. The number of carbonyl (C=O) groups excluding carboxylic acids is 1. The molecular weight excluding hydrogens is 246 g/mol. The second-order valence-corrected chi connectivity index (χ2v) is 5.47. The Bertz CT molecular complexity index is 338. The predicted octanol–water partition coefficient (Wildman–Crippen LogP) is 1.80. The number of hydrogen-bond donors (Lipinski definition) is 1. The van der Waals surface area contributed by atoms with E-state index in [0.29, 0.717) is 19.4 Å². The van der Waals surface area contributed by atoms with Crippen molar-refractivity contribution in [3.05, 3.63) is 0 Å². The van der Waals surface area contributed by atoms with Gasteiger partial charge in [-0.2, -0.15) is 0 Å². The van der Waals surface area contributed by atoms with Gasteiger partial charge in [0.15, 0.2) is 0 Å². The molecule has 0 spiro atoms. The van der Waals surface area contributed by atoms with Crippen LogP contribution in [-0.2, 0) is 14.3 Å². The van der Waals surface area contributed by atoms with E-state index in [4.69, 9.17) is 9.84 Å². The van der Waals surface area contributed by atoms with Gasteiger partial charge in [-0.25, -0.2) is 4.79 Å². The summed E-state index contributed by atoms with van der Waals surface area (Å²) < 4.78 is 5.88. The Morgan fingerprint density at radius 1 is 1.26 bits per heavy atom. The first-order valence-corrected chi connectivity index (χ1v) is 7.32. The number of carboxylic acid groups (broad SMARTS) is 1. The SMILES string of the molecule is CCC(OC1CCCC1)C(=O)N1CCC[C@@H]1C(=O)O. The third kappa shape index (κ3) is 3.26. The van der Waals surface area contributed by atoms with Crippen LogP contribution in [0.5, 0.6) is 0 Å². The van der Waals surface area contributed by atoms with E-state index in [9.17, 15) is 9.59 Å². The van der Waals surface area contributed by atoms with Crippen LogP contribution < -0.4 is 0 Å². The van der Waals surface area contributed by atoms with Gasteiger partial charge in [0.2, 0.25) is 0 Å². The van der Waals surface area contributed by atoms with E-state index >= 15 is 0 Å². The van der Waals surface area contributed by atoms with Crippen molar-refractivity contribution in [2.75, 3.05) is 6.54 Å². The molecule has 1 saturated heterocycles. The van der Waals surface area contributed by atoms with Gasteiger partial charge >= 0.3 is 5.97 Å². The van der Waals surface area contributed by atoms with Crippen molar-refractivity contribution in [3.8, 4) is 0 Å². The van der Waals surface area contributed by atoms with E-state index in [0.717, 1.165) is 32.1 Å². The first kappa shape index (κ1) is 14.3. The minimum Gasteiger partial charge on any atom is -0.480 e. The summed E-state index contributed by atoms with van der Waals surface area (Å²) in [6.45, 7) is 2.46. The van der Waals surface area contributed by atoms with Gasteiger partial charge in [0, 0.05) is 6.54 Å². The lowest BCUT2D eigenvalue weighted by atomic mass is 10.2. The molecule has 2 rings (SSSR count). The Morgan fingerprint density at radius 3 is 2.53 bits per heavy atom. The highest BCUT2D eigenvalue weighted by Crippen LogP contribution is 2.25. The van der Waals surface area contributed by atoms with Crippen LogP contribution in [0.4, 0.5) is 0 Å². The molecule has 5 heteroatoms. The van der Waals surface area contributed by atoms with Gasteiger partial charge in [-0.15, -0.1) is 0 Å². The molecular formula is C14H23NO4. The lowest BCUT2D eigenvalue weighted by Gasteiger charge is -2.28. The number of hydrogen-bond acceptors (Lipinski definition) is 3. The number of carboxylic acids is 1. The predicted molar refractivity (Wildman–Crippen MR) is 69.8 cm³/mol. The van der Waals surface area contributed by atoms with Gasteiger partial charge in [-0.1, -0.05) is 19.8 Å². The highest BCUT2D eigenvalue weighted by Gasteiger charge is 2.37. The minimum atomic E-state index is -0.901. The topological polar surface area (TPSA) is 66.8 Å². The fourth-order valence-electron chi connectivity index (χ4n) is 3.06. The lowest BCUT2D eigenvalue weighted by Crippen LogP contribution is -2.46. The Kier molecular flexibility index (Phi) is 4.80. The first-order chi connectivity index (χ1) is 9.13. The lowest BCUT2D eigenvalue weighted by molar-refractivity contribution is -0.156. The molecule has 1 aliphatic carbocycles. The van der Waals surface area contributed by atoms with Crippen molar-refractivity contribution in [1.82, 2.24) is 4.90 Å². The Hall–Kier alpha value is -1.10. The van der Waals surface area contributed by atoms with Crippen molar-refractivity contribution < 1.29 is 19.4 Å². The van der Waals surface area contributed by atoms with Crippen LogP contribution >= 0.6 is 0 Å². The average molecular weight is 269 g/mol. The normalized spacial score (nSPS) is 25.7. The van der Waals surface area contributed by atoms with Crippen molar-refractivity contribution in [1.29, 1.82) is 0 Å². The molecule has 1 N–H and O–H groups in total. The zero-order valence-corrected chi connectivity index (χ0v) is 11.5. The summed E-state index contributed by atoms with van der Waals surface area (Å²) in [7, 11) is 0. The smallest absolute Gasteiger partial charge is 0.326 e. The van der Waals surface area contributed by atoms with Gasteiger partial charge in [0.1, 0.15) is 12.1 Å². The summed E-state index contributed by atoms with van der Waals surface area (Å²) in [5, 5.41) is 9.14. The molecule has 0 bridgehead atoms. The number of aliphatic carboxylic acids is 1. The number of ether oxygens (including phenoxy) is 1. The fraction of sp³-hybridized carbons (Fsp3) is 0.857. The molecule has 5 nitrogen and oxygen atoms in total. The molecule has 19 heavy (non-hydrogen) atoms. The molecule has 0 aromatic rings. The van der Waals surface area contributed by atoms with Crippen molar-refractivity contribution in [3.63, 3.8) is 0 Å². The van der Waals surface area contributed by atoms with Gasteiger partial charge in [-0.05, 0) is 32.1 Å². The highest BCUT2D eigenvalue weighted by atomic mass is 16.5.